The van der Waals surface area contributed by atoms with Gasteiger partial charge in [0.1, 0.15) is 12.2 Å². The predicted octanol–water partition coefficient (Wildman–Crippen LogP) is -2.08. The van der Waals surface area contributed by atoms with E-state index in [9.17, 15) is 14.8 Å². The van der Waals surface area contributed by atoms with Crippen LogP contribution in [0.15, 0.2) is 0 Å². The molecule has 1 fully saturated rings. The second kappa shape index (κ2) is 4.86. The number of ether oxygens (including phenoxy) is 1. The molecular weight excluding hydrogens is 231 g/mol. The molecule has 8 nitrogen and oxygen atoms in total. The standard InChI is InChI=1S/C6H13O8P/c7-2-4-6(9)3(8)1-5(13-4)14-15(10,11)12/h3-9H,1-2H2,(H2,10,11,12)/t3-,4+,5-,6-/m0/s1. The van der Waals surface area contributed by atoms with E-state index in [1.807, 2.05) is 0 Å². The Kier molecular flexibility index (Phi) is 4.21. The third-order valence-electron chi connectivity index (χ3n) is 1.97. The van der Waals surface area contributed by atoms with Crippen molar-refractivity contribution in [1.29, 1.82) is 0 Å². The van der Waals surface area contributed by atoms with E-state index in [4.69, 9.17) is 19.6 Å². The minimum atomic E-state index is -4.72. The van der Waals surface area contributed by atoms with Crippen LogP contribution in [0.1, 0.15) is 6.42 Å². The number of aliphatic hydroxyl groups excluding tert-OH is 3. The van der Waals surface area contributed by atoms with Gasteiger partial charge in [0.05, 0.1) is 12.7 Å². The highest BCUT2D eigenvalue weighted by Gasteiger charge is 2.39. The van der Waals surface area contributed by atoms with Crippen LogP contribution in [0.2, 0.25) is 0 Å². The van der Waals surface area contributed by atoms with Gasteiger partial charge in [-0.1, -0.05) is 0 Å². The Morgan fingerprint density at radius 1 is 1.40 bits per heavy atom. The van der Waals surface area contributed by atoms with E-state index in [0.717, 1.165) is 0 Å². The largest absolute Gasteiger partial charge is 0.471 e. The maximum Gasteiger partial charge on any atom is 0.471 e. The van der Waals surface area contributed by atoms with Crippen molar-refractivity contribution >= 4 is 7.82 Å². The van der Waals surface area contributed by atoms with E-state index in [2.05, 4.69) is 4.52 Å². The molecule has 0 aromatic rings. The van der Waals surface area contributed by atoms with Crippen molar-refractivity contribution in [3.63, 3.8) is 0 Å². The zero-order valence-corrected chi connectivity index (χ0v) is 8.53. The molecule has 1 saturated heterocycles. The second-order valence-corrected chi connectivity index (χ2v) is 4.37. The van der Waals surface area contributed by atoms with Gasteiger partial charge in [0.25, 0.3) is 0 Å². The fourth-order valence-electron chi connectivity index (χ4n) is 1.29. The summed E-state index contributed by atoms with van der Waals surface area (Å²) in [4.78, 5) is 17.0. The molecule has 5 N–H and O–H groups in total. The first kappa shape index (κ1) is 13.0. The Morgan fingerprint density at radius 2 is 2.00 bits per heavy atom. The fraction of sp³-hybridized carbons (Fsp3) is 1.00. The quantitative estimate of drug-likeness (QED) is 0.357. The van der Waals surface area contributed by atoms with Crippen LogP contribution in [0.4, 0.5) is 0 Å². The van der Waals surface area contributed by atoms with E-state index in [0.29, 0.717) is 0 Å². The number of hydrogen-bond acceptors (Lipinski definition) is 6. The lowest BCUT2D eigenvalue weighted by atomic mass is 10.0. The third-order valence-corrected chi connectivity index (χ3v) is 2.48. The molecule has 0 amide bonds. The van der Waals surface area contributed by atoms with Gasteiger partial charge < -0.3 is 29.8 Å². The zero-order chi connectivity index (χ0) is 11.6. The third kappa shape index (κ3) is 3.78. The van der Waals surface area contributed by atoms with E-state index >= 15 is 0 Å². The highest BCUT2D eigenvalue weighted by atomic mass is 31.2. The van der Waals surface area contributed by atoms with Crippen LogP contribution >= 0.6 is 7.82 Å². The molecular formula is C6H13O8P. The molecule has 15 heavy (non-hydrogen) atoms. The fourth-order valence-corrected chi connectivity index (χ4v) is 1.73. The van der Waals surface area contributed by atoms with Gasteiger partial charge in [-0.3, -0.25) is 4.52 Å². The molecule has 0 aromatic heterocycles. The van der Waals surface area contributed by atoms with Gasteiger partial charge in [-0.15, -0.1) is 0 Å². The number of phosphoric acid groups is 1. The SMILES string of the molecule is O=P(O)(O)O[C@H]1C[C@H](O)[C@H](O)[C@@H](CO)O1. The molecule has 0 bridgehead atoms. The van der Waals surface area contributed by atoms with Crippen LogP contribution in [0, 0.1) is 0 Å². The Balaban J connectivity index is 2.59. The van der Waals surface area contributed by atoms with E-state index in [-0.39, 0.29) is 6.42 Å². The van der Waals surface area contributed by atoms with E-state index in [1.165, 1.54) is 0 Å². The van der Waals surface area contributed by atoms with Gasteiger partial charge in [0, 0.05) is 6.42 Å². The highest BCUT2D eigenvalue weighted by Crippen LogP contribution is 2.40. The molecule has 1 heterocycles. The summed E-state index contributed by atoms with van der Waals surface area (Å²) in [5, 5.41) is 27.3. The van der Waals surface area contributed by atoms with Crippen molar-refractivity contribution in [3.05, 3.63) is 0 Å². The average molecular weight is 244 g/mol. The van der Waals surface area contributed by atoms with E-state index < -0.39 is 39.0 Å². The Bertz CT molecular complexity index is 252. The smallest absolute Gasteiger partial charge is 0.394 e. The number of phosphoric ester groups is 1. The first-order valence-electron chi connectivity index (χ1n) is 4.20. The average Bonchev–Trinajstić information content (AvgIpc) is 2.08. The summed E-state index contributed by atoms with van der Waals surface area (Å²) >= 11 is 0. The molecule has 9 heteroatoms. The van der Waals surface area contributed by atoms with Crippen molar-refractivity contribution in [2.45, 2.75) is 31.0 Å². The summed E-state index contributed by atoms with van der Waals surface area (Å²) < 4.78 is 19.5. The Labute approximate surface area is 85.3 Å². The first-order valence-corrected chi connectivity index (χ1v) is 5.73. The molecule has 1 aliphatic rings. The van der Waals surface area contributed by atoms with Crippen molar-refractivity contribution in [1.82, 2.24) is 0 Å². The van der Waals surface area contributed by atoms with Crippen LogP contribution in [-0.4, -0.2) is 56.3 Å². The molecule has 0 spiro atoms. The van der Waals surface area contributed by atoms with Gasteiger partial charge in [0.2, 0.25) is 0 Å². The molecule has 0 saturated carbocycles. The number of rotatable bonds is 3. The van der Waals surface area contributed by atoms with Gasteiger partial charge in [-0.2, -0.15) is 0 Å². The van der Waals surface area contributed by atoms with Crippen LogP contribution in [0.25, 0.3) is 0 Å². The molecule has 0 radical (unpaired) electrons. The lowest BCUT2D eigenvalue weighted by Gasteiger charge is -2.35. The maximum absolute atomic E-state index is 10.5. The van der Waals surface area contributed by atoms with Crippen molar-refractivity contribution in [3.8, 4) is 0 Å². The summed E-state index contributed by atoms with van der Waals surface area (Å²) in [7, 11) is -4.72. The molecule has 1 rings (SSSR count). The second-order valence-electron chi connectivity index (χ2n) is 3.18. The molecule has 90 valence electrons. The number of aliphatic hydroxyl groups is 3. The molecule has 1 aliphatic heterocycles. The lowest BCUT2D eigenvalue weighted by Crippen LogP contribution is -2.50. The highest BCUT2D eigenvalue weighted by molar-refractivity contribution is 7.46. The summed E-state index contributed by atoms with van der Waals surface area (Å²) in [6.07, 6.45) is -5.30. The van der Waals surface area contributed by atoms with Gasteiger partial charge >= 0.3 is 7.82 Å². The summed E-state index contributed by atoms with van der Waals surface area (Å²) in [6.45, 7) is -0.584. The van der Waals surface area contributed by atoms with E-state index in [1.54, 1.807) is 0 Å². The molecule has 0 aromatic carbocycles. The first-order chi connectivity index (χ1) is 6.83. The van der Waals surface area contributed by atoms with Crippen LogP contribution in [0.3, 0.4) is 0 Å². The summed E-state index contributed by atoms with van der Waals surface area (Å²) in [5.41, 5.74) is 0. The minimum Gasteiger partial charge on any atom is -0.394 e. The molecule has 0 unspecified atom stereocenters. The van der Waals surface area contributed by atoms with Crippen molar-refractivity contribution in [2.24, 2.45) is 0 Å². The summed E-state index contributed by atoms with van der Waals surface area (Å²) in [5.74, 6) is 0. The Morgan fingerprint density at radius 3 is 2.47 bits per heavy atom. The van der Waals surface area contributed by atoms with Gasteiger partial charge in [-0.25, -0.2) is 4.57 Å². The van der Waals surface area contributed by atoms with Gasteiger partial charge in [0.15, 0.2) is 6.29 Å². The van der Waals surface area contributed by atoms with Crippen molar-refractivity contribution in [2.75, 3.05) is 6.61 Å². The lowest BCUT2D eigenvalue weighted by molar-refractivity contribution is -0.233. The minimum absolute atomic E-state index is 0.275. The van der Waals surface area contributed by atoms with Crippen molar-refractivity contribution < 1.29 is 38.9 Å². The monoisotopic (exact) mass is 244 g/mol. The predicted molar refractivity (Wildman–Crippen MR) is 45.5 cm³/mol. The molecule has 4 atom stereocenters. The summed E-state index contributed by atoms with van der Waals surface area (Å²) in [6, 6.07) is 0. The number of hydrogen-bond donors (Lipinski definition) is 5. The van der Waals surface area contributed by atoms with Crippen LogP contribution in [0.5, 0.6) is 0 Å². The molecule has 0 aliphatic carbocycles. The Hall–Kier alpha value is -0.0500. The zero-order valence-electron chi connectivity index (χ0n) is 7.63. The van der Waals surface area contributed by atoms with Crippen LogP contribution < -0.4 is 0 Å². The topological polar surface area (TPSA) is 137 Å². The van der Waals surface area contributed by atoms with Crippen LogP contribution in [-0.2, 0) is 13.8 Å². The normalized spacial score (nSPS) is 37.9. The van der Waals surface area contributed by atoms with Gasteiger partial charge in [-0.05, 0) is 0 Å². The maximum atomic E-state index is 10.5.